The lowest BCUT2D eigenvalue weighted by Gasteiger charge is -2.11. The quantitative estimate of drug-likeness (QED) is 0.511. The Balaban J connectivity index is 2.43. The van der Waals surface area contributed by atoms with Crippen LogP contribution in [0.1, 0.15) is 26.2 Å². The van der Waals surface area contributed by atoms with Gasteiger partial charge in [0.1, 0.15) is 5.92 Å². The Morgan fingerprint density at radius 3 is 2.54 bits per heavy atom. The number of hydrogen-bond acceptors (Lipinski definition) is 3. The van der Waals surface area contributed by atoms with Crippen LogP contribution in [0.25, 0.3) is 0 Å². The number of ether oxygens (including phenoxy) is 1. The van der Waals surface area contributed by atoms with E-state index in [0.717, 1.165) is 12.8 Å². The summed E-state index contributed by atoms with van der Waals surface area (Å²) in [6, 6.07) is 0.297. The van der Waals surface area contributed by atoms with Gasteiger partial charge < -0.3 is 10.1 Å². The number of amides is 1. The zero-order valence-electron chi connectivity index (χ0n) is 8.00. The summed E-state index contributed by atoms with van der Waals surface area (Å²) in [6.45, 7) is 1.80. The molecule has 0 aromatic rings. The molecule has 1 rings (SSSR count). The van der Waals surface area contributed by atoms with E-state index < -0.39 is 11.9 Å². The Labute approximate surface area is 77.6 Å². The molecule has 0 saturated heterocycles. The van der Waals surface area contributed by atoms with Gasteiger partial charge in [0.2, 0.25) is 5.91 Å². The largest absolute Gasteiger partial charge is 0.468 e. The van der Waals surface area contributed by atoms with Gasteiger partial charge in [0.15, 0.2) is 0 Å². The number of esters is 1. The molecular weight excluding hydrogens is 170 g/mol. The molecule has 1 fully saturated rings. The number of carbonyl (C=O) groups is 2. The average Bonchev–Trinajstić information content (AvgIpc) is 2.89. The van der Waals surface area contributed by atoms with Gasteiger partial charge in [-0.2, -0.15) is 0 Å². The fourth-order valence-electron chi connectivity index (χ4n) is 1.13. The zero-order chi connectivity index (χ0) is 9.84. The normalized spacial score (nSPS) is 17.7. The van der Waals surface area contributed by atoms with Gasteiger partial charge in [0.05, 0.1) is 7.11 Å². The second-order valence-corrected chi connectivity index (χ2v) is 3.27. The van der Waals surface area contributed by atoms with E-state index in [1.807, 2.05) is 0 Å². The highest BCUT2D eigenvalue weighted by Crippen LogP contribution is 2.19. The Kier molecular flexibility index (Phi) is 3.28. The number of methoxy groups -OCH3 is 1. The highest BCUT2D eigenvalue weighted by molar-refractivity contribution is 5.97. The Bertz CT molecular complexity index is 211. The molecule has 1 unspecified atom stereocenters. The maximum atomic E-state index is 11.4. The molecular formula is C9H15NO3. The molecule has 0 spiro atoms. The molecule has 1 N–H and O–H groups in total. The van der Waals surface area contributed by atoms with Crippen LogP contribution in [0.4, 0.5) is 0 Å². The summed E-state index contributed by atoms with van der Waals surface area (Å²) in [4.78, 5) is 22.5. The summed E-state index contributed by atoms with van der Waals surface area (Å²) < 4.78 is 4.53. The van der Waals surface area contributed by atoms with Gasteiger partial charge in [-0.3, -0.25) is 9.59 Å². The van der Waals surface area contributed by atoms with Crippen LogP contribution in [-0.4, -0.2) is 25.0 Å². The summed E-state index contributed by atoms with van der Waals surface area (Å²) in [5.41, 5.74) is 0. The molecule has 1 amide bonds. The van der Waals surface area contributed by atoms with Crippen molar-refractivity contribution in [3.05, 3.63) is 0 Å². The van der Waals surface area contributed by atoms with E-state index in [4.69, 9.17) is 0 Å². The molecule has 4 nitrogen and oxygen atoms in total. The second kappa shape index (κ2) is 4.25. The lowest BCUT2D eigenvalue weighted by atomic mass is 10.1. The van der Waals surface area contributed by atoms with Gasteiger partial charge >= 0.3 is 5.97 Å². The first-order valence-corrected chi connectivity index (χ1v) is 4.57. The van der Waals surface area contributed by atoms with Crippen molar-refractivity contribution in [2.45, 2.75) is 32.2 Å². The number of nitrogens with one attached hydrogen (secondary N) is 1. The van der Waals surface area contributed by atoms with Crippen LogP contribution in [-0.2, 0) is 14.3 Å². The Morgan fingerprint density at radius 2 is 2.15 bits per heavy atom. The molecule has 13 heavy (non-hydrogen) atoms. The van der Waals surface area contributed by atoms with E-state index in [2.05, 4.69) is 10.1 Å². The van der Waals surface area contributed by atoms with Gasteiger partial charge in [-0.1, -0.05) is 6.92 Å². The van der Waals surface area contributed by atoms with Crippen molar-refractivity contribution in [2.75, 3.05) is 7.11 Å². The maximum Gasteiger partial charge on any atom is 0.318 e. The van der Waals surface area contributed by atoms with Crippen molar-refractivity contribution in [3.63, 3.8) is 0 Å². The monoisotopic (exact) mass is 185 g/mol. The molecule has 0 heterocycles. The topological polar surface area (TPSA) is 55.4 Å². The smallest absolute Gasteiger partial charge is 0.318 e. The maximum absolute atomic E-state index is 11.4. The highest BCUT2D eigenvalue weighted by atomic mass is 16.5. The van der Waals surface area contributed by atoms with Gasteiger partial charge in [-0.15, -0.1) is 0 Å². The molecule has 0 radical (unpaired) electrons. The number of hydrogen-bond donors (Lipinski definition) is 1. The predicted octanol–water partition coefficient (Wildman–Crippen LogP) is 0.464. The zero-order valence-corrected chi connectivity index (χ0v) is 8.00. The van der Waals surface area contributed by atoms with Crippen molar-refractivity contribution in [2.24, 2.45) is 5.92 Å². The van der Waals surface area contributed by atoms with E-state index in [1.165, 1.54) is 7.11 Å². The molecule has 0 aromatic carbocycles. The van der Waals surface area contributed by atoms with E-state index in [9.17, 15) is 9.59 Å². The van der Waals surface area contributed by atoms with E-state index in [0.29, 0.717) is 12.5 Å². The van der Waals surface area contributed by atoms with Crippen LogP contribution in [0.15, 0.2) is 0 Å². The van der Waals surface area contributed by atoms with Crippen LogP contribution in [0, 0.1) is 5.92 Å². The third-order valence-electron chi connectivity index (χ3n) is 2.13. The molecule has 4 heteroatoms. The van der Waals surface area contributed by atoms with Crippen LogP contribution in [0.3, 0.4) is 0 Å². The van der Waals surface area contributed by atoms with Crippen molar-refractivity contribution in [1.29, 1.82) is 0 Å². The summed E-state index contributed by atoms with van der Waals surface area (Å²) in [6.07, 6.45) is 2.55. The van der Waals surface area contributed by atoms with Crippen LogP contribution < -0.4 is 5.32 Å². The Morgan fingerprint density at radius 1 is 1.54 bits per heavy atom. The third-order valence-corrected chi connectivity index (χ3v) is 2.13. The minimum Gasteiger partial charge on any atom is -0.468 e. The summed E-state index contributed by atoms with van der Waals surface area (Å²) >= 11 is 0. The van der Waals surface area contributed by atoms with Crippen molar-refractivity contribution >= 4 is 11.9 Å². The van der Waals surface area contributed by atoms with Crippen molar-refractivity contribution in [1.82, 2.24) is 5.32 Å². The van der Waals surface area contributed by atoms with E-state index >= 15 is 0 Å². The van der Waals surface area contributed by atoms with Crippen LogP contribution in [0.2, 0.25) is 0 Å². The lowest BCUT2D eigenvalue weighted by molar-refractivity contribution is -0.150. The fraction of sp³-hybridized carbons (Fsp3) is 0.778. The first kappa shape index (κ1) is 10.0. The molecule has 0 aliphatic heterocycles. The van der Waals surface area contributed by atoms with Crippen molar-refractivity contribution in [3.8, 4) is 0 Å². The second-order valence-electron chi connectivity index (χ2n) is 3.27. The van der Waals surface area contributed by atoms with Crippen LogP contribution >= 0.6 is 0 Å². The van der Waals surface area contributed by atoms with Gasteiger partial charge in [0, 0.05) is 6.04 Å². The van der Waals surface area contributed by atoms with Gasteiger partial charge in [-0.25, -0.2) is 0 Å². The number of carbonyl (C=O) groups excluding carboxylic acids is 2. The molecule has 1 atom stereocenters. The van der Waals surface area contributed by atoms with E-state index in [-0.39, 0.29) is 5.91 Å². The molecule has 0 aromatic heterocycles. The Hall–Kier alpha value is -1.06. The predicted molar refractivity (Wildman–Crippen MR) is 47.0 cm³/mol. The lowest BCUT2D eigenvalue weighted by Crippen LogP contribution is -2.36. The molecule has 0 bridgehead atoms. The van der Waals surface area contributed by atoms with Gasteiger partial charge in [-0.05, 0) is 19.3 Å². The van der Waals surface area contributed by atoms with Gasteiger partial charge in [0.25, 0.3) is 0 Å². The number of rotatable bonds is 4. The molecule has 1 aliphatic carbocycles. The summed E-state index contributed by atoms with van der Waals surface area (Å²) in [7, 11) is 1.30. The fourth-order valence-corrected chi connectivity index (χ4v) is 1.13. The first-order chi connectivity index (χ1) is 6.19. The van der Waals surface area contributed by atoms with Crippen LogP contribution in [0.5, 0.6) is 0 Å². The summed E-state index contributed by atoms with van der Waals surface area (Å²) in [5, 5.41) is 2.78. The van der Waals surface area contributed by atoms with Crippen molar-refractivity contribution < 1.29 is 14.3 Å². The third kappa shape index (κ3) is 2.72. The molecule has 74 valence electrons. The SMILES string of the molecule is CCC(C(=O)NC1CC1)C(=O)OC. The average molecular weight is 185 g/mol. The molecule has 1 aliphatic rings. The highest BCUT2D eigenvalue weighted by Gasteiger charge is 2.30. The standard InChI is InChI=1S/C9H15NO3/c1-3-7(9(12)13-2)8(11)10-6-4-5-6/h6-7H,3-5H2,1-2H3,(H,10,11). The summed E-state index contributed by atoms with van der Waals surface area (Å²) in [5.74, 6) is -1.27. The first-order valence-electron chi connectivity index (χ1n) is 4.57. The van der Waals surface area contributed by atoms with E-state index in [1.54, 1.807) is 6.92 Å². The molecule has 1 saturated carbocycles. The minimum atomic E-state index is -0.634. The minimum absolute atomic E-state index is 0.197.